The summed E-state index contributed by atoms with van der Waals surface area (Å²) in [5.74, 6) is 0. The fraction of sp³-hybridized carbons (Fsp3) is 1.00. The van der Waals surface area contributed by atoms with E-state index in [0.717, 1.165) is 25.9 Å². The Morgan fingerprint density at radius 2 is 2.25 bits per heavy atom. The molecule has 1 rings (SSSR count). The molecule has 0 spiro atoms. The Hall–Kier alpha value is -0.0800. The van der Waals surface area contributed by atoms with Crippen molar-refractivity contribution < 1.29 is 9.84 Å². The maximum absolute atomic E-state index is 10.1. The minimum atomic E-state index is -0.519. The van der Waals surface area contributed by atoms with Gasteiger partial charge in [-0.15, -0.1) is 0 Å². The molecule has 12 heavy (non-hydrogen) atoms. The van der Waals surface area contributed by atoms with Crippen LogP contribution in [0.15, 0.2) is 0 Å². The van der Waals surface area contributed by atoms with E-state index in [-0.39, 0.29) is 6.10 Å². The lowest BCUT2D eigenvalue weighted by atomic mass is 9.90. The van der Waals surface area contributed by atoms with E-state index in [2.05, 4.69) is 6.92 Å². The van der Waals surface area contributed by atoms with E-state index in [1.54, 1.807) is 0 Å². The van der Waals surface area contributed by atoms with Crippen LogP contribution in [0.3, 0.4) is 0 Å². The van der Waals surface area contributed by atoms with Crippen LogP contribution in [0.4, 0.5) is 0 Å². The van der Waals surface area contributed by atoms with Gasteiger partial charge in [-0.1, -0.05) is 26.2 Å². The fourth-order valence-corrected chi connectivity index (χ4v) is 1.78. The monoisotopic (exact) mass is 172 g/mol. The second-order valence-electron chi connectivity index (χ2n) is 3.82. The van der Waals surface area contributed by atoms with Crippen LogP contribution in [-0.4, -0.2) is 23.4 Å². The SMILES string of the molecule is CCCCCC1(O)CCOC1C. The summed E-state index contributed by atoms with van der Waals surface area (Å²) in [4.78, 5) is 0. The predicted octanol–water partition coefficient (Wildman–Crippen LogP) is 2.11. The van der Waals surface area contributed by atoms with E-state index in [4.69, 9.17) is 4.74 Å². The quantitative estimate of drug-likeness (QED) is 0.658. The first-order valence-corrected chi connectivity index (χ1v) is 5.03. The highest BCUT2D eigenvalue weighted by atomic mass is 16.5. The number of aliphatic hydroxyl groups is 1. The molecule has 0 radical (unpaired) electrons. The molecule has 72 valence electrons. The van der Waals surface area contributed by atoms with Crippen LogP contribution < -0.4 is 0 Å². The Balaban J connectivity index is 2.27. The third-order valence-electron chi connectivity index (χ3n) is 2.87. The van der Waals surface area contributed by atoms with Gasteiger partial charge in [0.1, 0.15) is 0 Å². The normalized spacial score (nSPS) is 35.8. The average molecular weight is 172 g/mol. The fourth-order valence-electron chi connectivity index (χ4n) is 1.78. The lowest BCUT2D eigenvalue weighted by Crippen LogP contribution is -2.35. The molecule has 2 heteroatoms. The zero-order chi connectivity index (χ0) is 9.03. The molecule has 2 nitrogen and oxygen atoms in total. The highest BCUT2D eigenvalue weighted by Gasteiger charge is 2.38. The lowest BCUT2D eigenvalue weighted by Gasteiger charge is -2.25. The van der Waals surface area contributed by atoms with Crippen molar-refractivity contribution in [1.29, 1.82) is 0 Å². The molecule has 0 aromatic heterocycles. The van der Waals surface area contributed by atoms with E-state index < -0.39 is 5.60 Å². The summed E-state index contributed by atoms with van der Waals surface area (Å²) in [6, 6.07) is 0. The Morgan fingerprint density at radius 3 is 2.75 bits per heavy atom. The van der Waals surface area contributed by atoms with Gasteiger partial charge in [-0.3, -0.25) is 0 Å². The lowest BCUT2D eigenvalue weighted by molar-refractivity contribution is -0.0345. The van der Waals surface area contributed by atoms with Gasteiger partial charge in [0.25, 0.3) is 0 Å². The van der Waals surface area contributed by atoms with Crippen LogP contribution in [0.5, 0.6) is 0 Å². The highest BCUT2D eigenvalue weighted by molar-refractivity contribution is 4.89. The molecule has 0 aromatic rings. The molecule has 1 fully saturated rings. The topological polar surface area (TPSA) is 29.5 Å². The number of ether oxygens (including phenoxy) is 1. The van der Waals surface area contributed by atoms with Crippen LogP contribution in [0.1, 0.15) is 46.0 Å². The molecule has 1 aliphatic rings. The Kier molecular flexibility index (Phi) is 3.53. The van der Waals surface area contributed by atoms with Crippen molar-refractivity contribution >= 4 is 0 Å². The molecule has 0 saturated carbocycles. The molecule has 1 saturated heterocycles. The predicted molar refractivity (Wildman–Crippen MR) is 49.1 cm³/mol. The van der Waals surface area contributed by atoms with Gasteiger partial charge in [0, 0.05) is 13.0 Å². The van der Waals surface area contributed by atoms with Crippen molar-refractivity contribution in [1.82, 2.24) is 0 Å². The molecule has 1 aliphatic heterocycles. The van der Waals surface area contributed by atoms with Crippen molar-refractivity contribution in [2.24, 2.45) is 0 Å². The number of rotatable bonds is 4. The summed E-state index contributed by atoms with van der Waals surface area (Å²) in [7, 11) is 0. The van der Waals surface area contributed by atoms with E-state index in [0.29, 0.717) is 0 Å². The molecule has 0 bridgehead atoms. The second-order valence-corrected chi connectivity index (χ2v) is 3.82. The molecule has 0 aliphatic carbocycles. The maximum atomic E-state index is 10.1. The minimum absolute atomic E-state index is 0.0364. The molecule has 1 N–H and O–H groups in total. The van der Waals surface area contributed by atoms with Crippen molar-refractivity contribution in [3.8, 4) is 0 Å². The van der Waals surface area contributed by atoms with E-state index in [1.165, 1.54) is 12.8 Å². The highest BCUT2D eigenvalue weighted by Crippen LogP contribution is 2.30. The third kappa shape index (κ3) is 2.20. The van der Waals surface area contributed by atoms with Crippen molar-refractivity contribution in [2.45, 2.75) is 57.7 Å². The van der Waals surface area contributed by atoms with Crippen LogP contribution in [0.2, 0.25) is 0 Å². The number of hydrogen-bond acceptors (Lipinski definition) is 2. The van der Waals surface area contributed by atoms with Gasteiger partial charge in [0.05, 0.1) is 11.7 Å². The van der Waals surface area contributed by atoms with Crippen molar-refractivity contribution in [2.75, 3.05) is 6.61 Å². The second kappa shape index (κ2) is 4.24. The Morgan fingerprint density at radius 1 is 1.50 bits per heavy atom. The molecule has 2 atom stereocenters. The zero-order valence-corrected chi connectivity index (χ0v) is 8.18. The van der Waals surface area contributed by atoms with Gasteiger partial charge in [0.15, 0.2) is 0 Å². The standard InChI is InChI=1S/C10H20O2/c1-3-4-5-6-10(11)7-8-12-9(10)2/h9,11H,3-8H2,1-2H3. The largest absolute Gasteiger partial charge is 0.387 e. The van der Waals surface area contributed by atoms with E-state index in [1.807, 2.05) is 6.92 Å². The van der Waals surface area contributed by atoms with Crippen molar-refractivity contribution in [3.05, 3.63) is 0 Å². The average Bonchev–Trinajstić information content (AvgIpc) is 2.34. The number of unbranched alkanes of at least 4 members (excludes halogenated alkanes) is 2. The van der Waals surface area contributed by atoms with E-state index in [9.17, 15) is 5.11 Å². The summed E-state index contributed by atoms with van der Waals surface area (Å²) in [6.45, 7) is 4.88. The van der Waals surface area contributed by atoms with Gasteiger partial charge in [-0.2, -0.15) is 0 Å². The first-order chi connectivity index (χ1) is 5.69. The van der Waals surface area contributed by atoms with Gasteiger partial charge < -0.3 is 9.84 Å². The summed E-state index contributed by atoms with van der Waals surface area (Å²) in [5.41, 5.74) is -0.519. The van der Waals surface area contributed by atoms with Gasteiger partial charge >= 0.3 is 0 Å². The first kappa shape index (κ1) is 10.0. The number of hydrogen-bond donors (Lipinski definition) is 1. The summed E-state index contributed by atoms with van der Waals surface area (Å²) < 4.78 is 5.35. The Labute approximate surface area is 74.9 Å². The molecule has 2 unspecified atom stereocenters. The summed E-state index contributed by atoms with van der Waals surface area (Å²) in [5, 5.41) is 10.1. The van der Waals surface area contributed by atoms with Gasteiger partial charge in [0.2, 0.25) is 0 Å². The molecule has 1 heterocycles. The minimum Gasteiger partial charge on any atom is -0.387 e. The summed E-state index contributed by atoms with van der Waals surface area (Å²) >= 11 is 0. The Bertz CT molecular complexity index is 136. The zero-order valence-electron chi connectivity index (χ0n) is 8.18. The first-order valence-electron chi connectivity index (χ1n) is 5.03. The van der Waals surface area contributed by atoms with Crippen LogP contribution >= 0.6 is 0 Å². The summed E-state index contributed by atoms with van der Waals surface area (Å²) in [6.07, 6.45) is 5.32. The smallest absolute Gasteiger partial charge is 0.0927 e. The maximum Gasteiger partial charge on any atom is 0.0927 e. The molecule has 0 amide bonds. The molecule has 0 aromatic carbocycles. The van der Waals surface area contributed by atoms with Crippen LogP contribution in [-0.2, 0) is 4.74 Å². The van der Waals surface area contributed by atoms with Crippen LogP contribution in [0.25, 0.3) is 0 Å². The molecular formula is C10H20O2. The molecular weight excluding hydrogens is 152 g/mol. The third-order valence-corrected chi connectivity index (χ3v) is 2.87. The van der Waals surface area contributed by atoms with Gasteiger partial charge in [-0.25, -0.2) is 0 Å². The van der Waals surface area contributed by atoms with Crippen LogP contribution in [0, 0.1) is 0 Å². The van der Waals surface area contributed by atoms with Gasteiger partial charge in [-0.05, 0) is 13.3 Å². The van der Waals surface area contributed by atoms with Crippen molar-refractivity contribution in [3.63, 3.8) is 0 Å². The van der Waals surface area contributed by atoms with E-state index >= 15 is 0 Å².